The molecule has 0 amide bonds. The van der Waals surface area contributed by atoms with Gasteiger partial charge >= 0.3 is 6.18 Å². The Balaban J connectivity index is 2.21. The molecule has 3 rings (SSSR count). The molecule has 2 aromatic rings. The fraction of sp³-hybridized carbons (Fsp3) is 0.263. The maximum absolute atomic E-state index is 13.0. The summed E-state index contributed by atoms with van der Waals surface area (Å²) in [6, 6.07) is 11.0. The number of benzene rings is 2. The number of hydrogen-bond acceptors (Lipinski definition) is 5. The van der Waals surface area contributed by atoms with Gasteiger partial charge in [0.1, 0.15) is 0 Å². The smallest absolute Gasteiger partial charge is 0.401 e. The van der Waals surface area contributed by atoms with Crippen LogP contribution >= 0.6 is 11.6 Å². The Morgan fingerprint density at radius 3 is 2.36 bits per heavy atom. The molecule has 0 fully saturated rings. The van der Waals surface area contributed by atoms with Crippen LogP contribution < -0.4 is 16.5 Å². The van der Waals surface area contributed by atoms with Crippen molar-refractivity contribution in [1.82, 2.24) is 5.01 Å². The molecule has 0 saturated carbocycles. The summed E-state index contributed by atoms with van der Waals surface area (Å²) in [7, 11) is 0. The van der Waals surface area contributed by atoms with Crippen molar-refractivity contribution in [3.8, 4) is 0 Å². The van der Waals surface area contributed by atoms with E-state index in [1.165, 1.54) is 23.2 Å². The highest BCUT2D eigenvalue weighted by Gasteiger charge is 2.40. The number of anilines is 2. The summed E-state index contributed by atoms with van der Waals surface area (Å²) in [6.45, 7) is 2.46. The fourth-order valence-corrected chi connectivity index (χ4v) is 3.38. The van der Waals surface area contributed by atoms with E-state index in [-0.39, 0.29) is 5.56 Å². The van der Waals surface area contributed by atoms with E-state index in [1.54, 1.807) is 31.2 Å². The molecule has 5 N–H and O–H groups in total. The summed E-state index contributed by atoms with van der Waals surface area (Å²) >= 11 is 5.96. The monoisotopic (exact) mass is 412 g/mol. The summed E-state index contributed by atoms with van der Waals surface area (Å²) in [4.78, 5) is 1.83. The normalized spacial score (nSPS) is 17.8. The van der Waals surface area contributed by atoms with Crippen LogP contribution in [0.5, 0.6) is 0 Å². The second-order valence-electron chi connectivity index (χ2n) is 6.57. The molecular formula is C19H20ClF3N4O. The SMILES string of the molecule is C/C(N)=C1\c2ccc(C(O)C(F)(F)F)cc2N(c2ccc(Cl)cc2)CCN1N. The molecule has 5 nitrogen and oxygen atoms in total. The third-order valence-corrected chi connectivity index (χ3v) is 4.81. The molecule has 150 valence electrons. The van der Waals surface area contributed by atoms with Gasteiger partial charge in [-0.1, -0.05) is 23.7 Å². The molecule has 0 saturated heterocycles. The van der Waals surface area contributed by atoms with Crippen molar-refractivity contribution in [2.45, 2.75) is 19.2 Å². The highest BCUT2D eigenvalue weighted by atomic mass is 35.5. The minimum absolute atomic E-state index is 0.260. The van der Waals surface area contributed by atoms with Gasteiger partial charge in [-0.15, -0.1) is 0 Å². The van der Waals surface area contributed by atoms with E-state index >= 15 is 0 Å². The van der Waals surface area contributed by atoms with Crippen molar-refractivity contribution in [3.05, 3.63) is 64.3 Å². The molecule has 0 bridgehead atoms. The maximum atomic E-state index is 13.0. The highest BCUT2D eigenvalue weighted by molar-refractivity contribution is 6.30. The van der Waals surface area contributed by atoms with Gasteiger partial charge in [-0.2, -0.15) is 13.2 Å². The van der Waals surface area contributed by atoms with E-state index in [0.717, 1.165) is 5.69 Å². The standard InChI is InChI=1S/C19H20ClF3N4O/c1-11(24)17-15-7-2-12(18(28)19(21,22)23)10-16(15)26(8-9-27(17)25)14-5-3-13(20)4-6-14/h2-7,10,18,28H,8-9,24-25H2,1H3/b17-11-. The molecule has 0 aliphatic carbocycles. The Morgan fingerprint density at radius 1 is 1.14 bits per heavy atom. The van der Waals surface area contributed by atoms with Crippen molar-refractivity contribution < 1.29 is 18.3 Å². The van der Waals surface area contributed by atoms with E-state index in [9.17, 15) is 18.3 Å². The van der Waals surface area contributed by atoms with E-state index in [2.05, 4.69) is 0 Å². The number of halogens is 4. The molecule has 28 heavy (non-hydrogen) atoms. The summed E-state index contributed by atoms with van der Waals surface area (Å²) in [6.07, 6.45) is -7.36. The Hall–Kier alpha value is -2.42. The van der Waals surface area contributed by atoms with Crippen LogP contribution in [0.15, 0.2) is 48.2 Å². The largest absolute Gasteiger partial charge is 0.418 e. The lowest BCUT2D eigenvalue weighted by atomic mass is 10.0. The van der Waals surface area contributed by atoms with Crippen molar-refractivity contribution in [2.24, 2.45) is 11.6 Å². The first-order chi connectivity index (χ1) is 13.1. The van der Waals surface area contributed by atoms with Crippen molar-refractivity contribution in [2.75, 3.05) is 18.0 Å². The van der Waals surface area contributed by atoms with Crippen LogP contribution in [0.3, 0.4) is 0 Å². The predicted molar refractivity (Wildman–Crippen MR) is 104 cm³/mol. The molecule has 2 aromatic carbocycles. The summed E-state index contributed by atoms with van der Waals surface area (Å²) in [5.74, 6) is 6.14. The fourth-order valence-electron chi connectivity index (χ4n) is 3.25. The lowest BCUT2D eigenvalue weighted by molar-refractivity contribution is -0.206. The number of hydrazine groups is 1. The summed E-state index contributed by atoms with van der Waals surface area (Å²) in [5.41, 5.74) is 8.48. The van der Waals surface area contributed by atoms with Crippen LogP contribution in [-0.2, 0) is 0 Å². The quantitative estimate of drug-likeness (QED) is 0.652. The molecule has 1 aliphatic heterocycles. The molecule has 9 heteroatoms. The minimum Gasteiger partial charge on any atom is -0.401 e. The van der Waals surface area contributed by atoms with Gasteiger partial charge in [0.15, 0.2) is 6.10 Å². The number of nitrogens with zero attached hydrogens (tertiary/aromatic N) is 2. The Bertz CT molecular complexity index is 895. The molecule has 1 heterocycles. The van der Waals surface area contributed by atoms with E-state index in [1.807, 2.05) is 4.90 Å². The number of rotatable bonds is 2. The van der Waals surface area contributed by atoms with Gasteiger partial charge in [-0.25, -0.2) is 5.84 Å². The number of alkyl halides is 3. The van der Waals surface area contributed by atoms with Crippen LogP contribution in [-0.4, -0.2) is 29.4 Å². The van der Waals surface area contributed by atoms with Gasteiger partial charge in [0.2, 0.25) is 0 Å². The highest BCUT2D eigenvalue weighted by Crippen LogP contribution is 2.40. The van der Waals surface area contributed by atoms with Crippen LogP contribution in [0.2, 0.25) is 5.02 Å². The molecule has 0 radical (unpaired) electrons. The number of fused-ring (bicyclic) bond motifs is 1. The molecule has 1 aliphatic rings. The van der Waals surface area contributed by atoms with Crippen molar-refractivity contribution in [1.29, 1.82) is 0 Å². The second-order valence-corrected chi connectivity index (χ2v) is 7.01. The zero-order valence-corrected chi connectivity index (χ0v) is 15.8. The average molecular weight is 413 g/mol. The number of hydrogen-bond donors (Lipinski definition) is 3. The van der Waals surface area contributed by atoms with E-state index in [0.29, 0.717) is 40.8 Å². The molecule has 1 atom stereocenters. The van der Waals surface area contributed by atoms with Crippen LogP contribution in [0.4, 0.5) is 24.5 Å². The van der Waals surface area contributed by atoms with E-state index in [4.69, 9.17) is 23.2 Å². The minimum atomic E-state index is -4.77. The van der Waals surface area contributed by atoms with Crippen LogP contribution in [0.1, 0.15) is 24.2 Å². The number of aliphatic hydroxyl groups excluding tert-OH is 1. The Labute approximate surface area is 165 Å². The van der Waals surface area contributed by atoms with Gasteiger partial charge in [0.25, 0.3) is 0 Å². The van der Waals surface area contributed by atoms with Gasteiger partial charge in [-0.05, 0) is 42.8 Å². The third kappa shape index (κ3) is 3.89. The summed E-state index contributed by atoms with van der Waals surface area (Å²) in [5, 5.41) is 11.7. The van der Waals surface area contributed by atoms with E-state index < -0.39 is 12.3 Å². The number of allylic oxidation sites excluding steroid dienone is 1. The zero-order valence-electron chi connectivity index (χ0n) is 15.0. The molecule has 1 unspecified atom stereocenters. The van der Waals surface area contributed by atoms with Gasteiger partial charge < -0.3 is 20.7 Å². The number of aliphatic hydroxyl groups is 1. The topological polar surface area (TPSA) is 78.8 Å². The Morgan fingerprint density at radius 2 is 1.79 bits per heavy atom. The molecule has 0 aromatic heterocycles. The number of nitrogens with two attached hydrogens (primary N) is 2. The molecule has 0 spiro atoms. The van der Waals surface area contributed by atoms with Gasteiger partial charge in [0, 0.05) is 28.5 Å². The van der Waals surface area contributed by atoms with Gasteiger partial charge in [-0.3, -0.25) is 0 Å². The lowest BCUT2D eigenvalue weighted by Gasteiger charge is -2.26. The van der Waals surface area contributed by atoms with Crippen LogP contribution in [0, 0.1) is 0 Å². The Kier molecular flexibility index (Phi) is 5.47. The first-order valence-electron chi connectivity index (χ1n) is 8.50. The second kappa shape index (κ2) is 7.54. The lowest BCUT2D eigenvalue weighted by Crippen LogP contribution is -2.34. The molecular weight excluding hydrogens is 393 g/mol. The van der Waals surface area contributed by atoms with Crippen molar-refractivity contribution >= 4 is 28.7 Å². The average Bonchev–Trinajstić information content (AvgIpc) is 2.76. The first-order valence-corrected chi connectivity index (χ1v) is 8.88. The predicted octanol–water partition coefficient (Wildman–Crippen LogP) is 3.91. The third-order valence-electron chi connectivity index (χ3n) is 4.56. The summed E-state index contributed by atoms with van der Waals surface area (Å²) < 4.78 is 39.1. The zero-order chi connectivity index (χ0) is 20.6. The van der Waals surface area contributed by atoms with Crippen LogP contribution in [0.25, 0.3) is 5.70 Å². The van der Waals surface area contributed by atoms with Crippen molar-refractivity contribution in [3.63, 3.8) is 0 Å². The van der Waals surface area contributed by atoms with Gasteiger partial charge in [0.05, 0.1) is 17.9 Å². The maximum Gasteiger partial charge on any atom is 0.418 e. The first kappa shape index (κ1) is 20.3.